The van der Waals surface area contributed by atoms with Crippen molar-refractivity contribution in [3.63, 3.8) is 0 Å². The van der Waals surface area contributed by atoms with Crippen LogP contribution in [0.2, 0.25) is 0 Å². The third-order valence-electron chi connectivity index (χ3n) is 2.33. The predicted octanol–water partition coefficient (Wildman–Crippen LogP) is 2.48. The average molecular weight is 189 g/mol. The van der Waals surface area contributed by atoms with E-state index in [1.807, 2.05) is 26.0 Å². The second-order valence-corrected chi connectivity index (χ2v) is 3.51. The van der Waals surface area contributed by atoms with Crippen LogP contribution in [0.15, 0.2) is 18.2 Å². The Morgan fingerprint density at radius 1 is 1.29 bits per heavy atom. The quantitative estimate of drug-likeness (QED) is 0.724. The van der Waals surface area contributed by atoms with Gasteiger partial charge < -0.3 is 10.1 Å². The second kappa shape index (κ2) is 2.87. The van der Waals surface area contributed by atoms with E-state index in [9.17, 15) is 4.79 Å². The van der Waals surface area contributed by atoms with Gasteiger partial charge in [-0.25, -0.2) is 4.79 Å². The van der Waals surface area contributed by atoms with Gasteiger partial charge in [0.15, 0.2) is 0 Å². The Bertz CT molecular complexity index is 511. The molecule has 2 aromatic rings. The molecule has 0 atom stereocenters. The highest BCUT2D eigenvalue weighted by atomic mass is 16.4. The fourth-order valence-corrected chi connectivity index (χ4v) is 1.67. The maximum Gasteiger partial charge on any atom is 0.336 e. The van der Waals surface area contributed by atoms with Crippen LogP contribution in [0.5, 0.6) is 0 Å². The minimum Gasteiger partial charge on any atom is -0.478 e. The van der Waals surface area contributed by atoms with Crippen LogP contribution in [-0.4, -0.2) is 16.1 Å². The monoisotopic (exact) mass is 189 g/mol. The highest BCUT2D eigenvalue weighted by Crippen LogP contribution is 2.20. The first-order chi connectivity index (χ1) is 6.58. The van der Waals surface area contributed by atoms with E-state index in [0.29, 0.717) is 5.56 Å². The summed E-state index contributed by atoms with van der Waals surface area (Å²) >= 11 is 0. The lowest BCUT2D eigenvalue weighted by molar-refractivity contribution is 0.0696. The van der Waals surface area contributed by atoms with Crippen LogP contribution in [0.25, 0.3) is 10.9 Å². The summed E-state index contributed by atoms with van der Waals surface area (Å²) in [7, 11) is 0. The molecule has 1 aromatic heterocycles. The molecule has 0 spiro atoms. The molecule has 1 heterocycles. The third-order valence-corrected chi connectivity index (χ3v) is 2.33. The number of hydrogen-bond donors (Lipinski definition) is 2. The lowest BCUT2D eigenvalue weighted by atomic mass is 10.1. The summed E-state index contributed by atoms with van der Waals surface area (Å²) in [6, 6.07) is 5.58. The normalized spacial score (nSPS) is 10.7. The number of carbonyl (C=O) groups is 1. The predicted molar refractivity (Wildman–Crippen MR) is 54.7 cm³/mol. The number of fused-ring (bicyclic) bond motifs is 1. The molecule has 0 aliphatic rings. The van der Waals surface area contributed by atoms with Gasteiger partial charge >= 0.3 is 5.97 Å². The number of aryl methyl sites for hydroxylation is 2. The third kappa shape index (κ3) is 1.27. The molecule has 2 rings (SSSR count). The smallest absolute Gasteiger partial charge is 0.336 e. The van der Waals surface area contributed by atoms with E-state index in [1.54, 1.807) is 6.07 Å². The van der Waals surface area contributed by atoms with Gasteiger partial charge in [0.2, 0.25) is 0 Å². The molecule has 72 valence electrons. The van der Waals surface area contributed by atoms with Crippen molar-refractivity contribution in [2.24, 2.45) is 0 Å². The molecule has 0 saturated carbocycles. The van der Waals surface area contributed by atoms with Crippen LogP contribution in [0.3, 0.4) is 0 Å². The molecule has 2 N–H and O–H groups in total. The van der Waals surface area contributed by atoms with Crippen molar-refractivity contribution in [2.75, 3.05) is 0 Å². The molecule has 1 aromatic carbocycles. The van der Waals surface area contributed by atoms with Crippen molar-refractivity contribution in [1.29, 1.82) is 0 Å². The van der Waals surface area contributed by atoms with Gasteiger partial charge in [0.1, 0.15) is 0 Å². The van der Waals surface area contributed by atoms with Crippen molar-refractivity contribution < 1.29 is 9.90 Å². The number of benzene rings is 1. The number of rotatable bonds is 1. The number of hydrogen-bond acceptors (Lipinski definition) is 1. The Morgan fingerprint density at radius 2 is 2.00 bits per heavy atom. The van der Waals surface area contributed by atoms with Gasteiger partial charge in [0.25, 0.3) is 0 Å². The molecule has 0 amide bonds. The van der Waals surface area contributed by atoms with Crippen molar-refractivity contribution in [3.05, 3.63) is 35.0 Å². The average Bonchev–Trinajstić information content (AvgIpc) is 2.42. The zero-order chi connectivity index (χ0) is 10.3. The SMILES string of the molecule is Cc1cc2cc(C)c(C(=O)O)cc2[nH]1. The van der Waals surface area contributed by atoms with E-state index in [2.05, 4.69) is 4.98 Å². The Kier molecular flexibility index (Phi) is 1.81. The summed E-state index contributed by atoms with van der Waals surface area (Å²) in [6.45, 7) is 3.76. The van der Waals surface area contributed by atoms with Crippen molar-refractivity contribution in [1.82, 2.24) is 4.98 Å². The van der Waals surface area contributed by atoms with Gasteiger partial charge in [-0.3, -0.25) is 0 Å². The summed E-state index contributed by atoms with van der Waals surface area (Å²) in [5.41, 5.74) is 3.08. The Morgan fingerprint density at radius 3 is 2.64 bits per heavy atom. The first kappa shape index (κ1) is 8.81. The molecule has 0 aliphatic heterocycles. The number of aromatic nitrogens is 1. The van der Waals surface area contributed by atoms with Crippen LogP contribution in [0, 0.1) is 13.8 Å². The second-order valence-electron chi connectivity index (χ2n) is 3.51. The molecular formula is C11H11NO2. The van der Waals surface area contributed by atoms with Gasteiger partial charge in [-0.2, -0.15) is 0 Å². The molecule has 0 fully saturated rings. The van der Waals surface area contributed by atoms with E-state index in [4.69, 9.17) is 5.11 Å². The standard InChI is InChI=1S/C11H11NO2/c1-6-3-8-4-7(2)12-10(8)5-9(6)11(13)14/h3-5,12H,1-2H3,(H,13,14). The summed E-state index contributed by atoms with van der Waals surface area (Å²) in [5, 5.41) is 9.98. The summed E-state index contributed by atoms with van der Waals surface area (Å²) in [5.74, 6) is -0.878. The molecular weight excluding hydrogens is 178 g/mol. The van der Waals surface area contributed by atoms with Gasteiger partial charge in [-0.1, -0.05) is 0 Å². The van der Waals surface area contributed by atoms with Crippen LogP contribution in [0.1, 0.15) is 21.6 Å². The maximum atomic E-state index is 10.9. The molecule has 0 saturated heterocycles. The number of H-pyrrole nitrogens is 1. The van der Waals surface area contributed by atoms with Crippen LogP contribution in [0.4, 0.5) is 0 Å². The molecule has 0 bridgehead atoms. The van der Waals surface area contributed by atoms with E-state index in [0.717, 1.165) is 22.2 Å². The topological polar surface area (TPSA) is 53.1 Å². The van der Waals surface area contributed by atoms with E-state index >= 15 is 0 Å². The van der Waals surface area contributed by atoms with Gasteiger partial charge in [-0.05, 0) is 43.0 Å². The summed E-state index contributed by atoms with van der Waals surface area (Å²) in [4.78, 5) is 14.0. The Hall–Kier alpha value is -1.77. The van der Waals surface area contributed by atoms with Gasteiger partial charge in [-0.15, -0.1) is 0 Å². The van der Waals surface area contributed by atoms with Crippen molar-refractivity contribution in [2.45, 2.75) is 13.8 Å². The fraction of sp³-hybridized carbons (Fsp3) is 0.182. The molecule has 14 heavy (non-hydrogen) atoms. The Balaban J connectivity index is 2.76. The number of carboxylic acid groups (broad SMARTS) is 1. The first-order valence-corrected chi connectivity index (χ1v) is 4.41. The number of aromatic carboxylic acids is 1. The largest absolute Gasteiger partial charge is 0.478 e. The molecule has 0 unspecified atom stereocenters. The molecule has 3 nitrogen and oxygen atoms in total. The highest BCUT2D eigenvalue weighted by Gasteiger charge is 2.09. The minimum absolute atomic E-state index is 0.361. The number of carboxylic acids is 1. The molecule has 0 aliphatic carbocycles. The summed E-state index contributed by atoms with van der Waals surface area (Å²) < 4.78 is 0. The minimum atomic E-state index is -0.878. The molecule has 0 radical (unpaired) electrons. The zero-order valence-electron chi connectivity index (χ0n) is 8.09. The van der Waals surface area contributed by atoms with Gasteiger partial charge in [0, 0.05) is 11.2 Å². The van der Waals surface area contributed by atoms with Crippen LogP contribution >= 0.6 is 0 Å². The summed E-state index contributed by atoms with van der Waals surface area (Å²) in [6.07, 6.45) is 0. The van der Waals surface area contributed by atoms with E-state index in [-0.39, 0.29) is 0 Å². The number of aromatic amines is 1. The highest BCUT2D eigenvalue weighted by molar-refractivity contribution is 5.95. The van der Waals surface area contributed by atoms with E-state index in [1.165, 1.54) is 0 Å². The number of nitrogens with one attached hydrogen (secondary N) is 1. The van der Waals surface area contributed by atoms with Crippen LogP contribution in [-0.2, 0) is 0 Å². The zero-order valence-corrected chi connectivity index (χ0v) is 8.09. The van der Waals surface area contributed by atoms with Crippen molar-refractivity contribution in [3.8, 4) is 0 Å². The lowest BCUT2D eigenvalue weighted by Crippen LogP contribution is -1.98. The van der Waals surface area contributed by atoms with E-state index < -0.39 is 5.97 Å². The fourth-order valence-electron chi connectivity index (χ4n) is 1.67. The van der Waals surface area contributed by atoms with Gasteiger partial charge in [0.05, 0.1) is 5.56 Å². The maximum absolute atomic E-state index is 10.9. The van der Waals surface area contributed by atoms with Crippen LogP contribution < -0.4 is 0 Å². The first-order valence-electron chi connectivity index (χ1n) is 4.41. The Labute approximate surface area is 81.4 Å². The molecule has 3 heteroatoms. The lowest BCUT2D eigenvalue weighted by Gasteiger charge is -2.00. The van der Waals surface area contributed by atoms with Crippen molar-refractivity contribution >= 4 is 16.9 Å².